The van der Waals surface area contributed by atoms with Gasteiger partial charge in [-0.15, -0.1) is 0 Å². The highest BCUT2D eigenvalue weighted by Crippen LogP contribution is 2.33. The van der Waals surface area contributed by atoms with Gasteiger partial charge in [0.25, 0.3) is 11.5 Å². The Morgan fingerprint density at radius 1 is 0.969 bits per heavy atom. The highest BCUT2D eigenvalue weighted by Gasteiger charge is 2.20. The summed E-state index contributed by atoms with van der Waals surface area (Å²) in [6.45, 7) is 0.930. The summed E-state index contributed by atoms with van der Waals surface area (Å²) in [7, 11) is 1.51. The Morgan fingerprint density at radius 3 is 2.50 bits per heavy atom. The molecule has 0 radical (unpaired) electrons. The number of methoxy groups -OCH3 is 1. The lowest BCUT2D eigenvalue weighted by molar-refractivity contribution is 0.102. The van der Waals surface area contributed by atoms with Crippen LogP contribution in [0.25, 0.3) is 16.5 Å². The lowest BCUT2D eigenvalue weighted by Gasteiger charge is -2.19. The third-order valence-corrected chi connectivity index (χ3v) is 5.13. The van der Waals surface area contributed by atoms with Crippen LogP contribution in [-0.2, 0) is 0 Å². The summed E-state index contributed by atoms with van der Waals surface area (Å²) in [5, 5.41) is 8.10. The third kappa shape index (κ3) is 3.41. The average Bonchev–Trinajstić information content (AvgIpc) is 2.84. The summed E-state index contributed by atoms with van der Waals surface area (Å²) in [6, 6.07) is 19.1. The van der Waals surface area contributed by atoms with Gasteiger partial charge in [-0.25, -0.2) is 0 Å². The number of nitrogens with one attached hydrogen (secondary N) is 1. The summed E-state index contributed by atoms with van der Waals surface area (Å²) >= 11 is 0. The van der Waals surface area contributed by atoms with Gasteiger partial charge >= 0.3 is 0 Å². The van der Waals surface area contributed by atoms with Crippen molar-refractivity contribution < 1.29 is 19.0 Å². The highest BCUT2D eigenvalue weighted by molar-refractivity contribution is 6.11. The van der Waals surface area contributed by atoms with Crippen LogP contribution in [0.3, 0.4) is 0 Å². The van der Waals surface area contributed by atoms with Gasteiger partial charge in [-0.05, 0) is 30.3 Å². The number of anilines is 1. The van der Waals surface area contributed by atoms with Gasteiger partial charge in [-0.3, -0.25) is 9.59 Å². The number of aromatic nitrogens is 2. The number of carbonyl (C=O) groups excluding carboxylic acids is 1. The van der Waals surface area contributed by atoms with E-state index in [1.54, 1.807) is 66.7 Å². The molecule has 0 unspecified atom stereocenters. The highest BCUT2D eigenvalue weighted by atomic mass is 16.6. The van der Waals surface area contributed by atoms with E-state index in [1.165, 1.54) is 11.8 Å². The van der Waals surface area contributed by atoms with E-state index >= 15 is 0 Å². The Labute approximate surface area is 183 Å². The van der Waals surface area contributed by atoms with Crippen molar-refractivity contribution in [2.24, 2.45) is 0 Å². The molecule has 8 heteroatoms. The Bertz CT molecular complexity index is 1400. The molecule has 32 heavy (non-hydrogen) atoms. The van der Waals surface area contributed by atoms with E-state index in [0.29, 0.717) is 52.6 Å². The number of benzene rings is 3. The van der Waals surface area contributed by atoms with E-state index in [9.17, 15) is 9.59 Å². The van der Waals surface area contributed by atoms with Crippen LogP contribution < -0.4 is 25.1 Å². The molecule has 160 valence electrons. The molecule has 1 aliphatic heterocycles. The van der Waals surface area contributed by atoms with Crippen molar-refractivity contribution in [2.75, 3.05) is 25.6 Å². The molecule has 4 aromatic rings. The zero-order valence-corrected chi connectivity index (χ0v) is 17.2. The number of ether oxygens (including phenoxy) is 3. The zero-order valence-electron chi connectivity index (χ0n) is 17.2. The second-order valence-corrected chi connectivity index (χ2v) is 7.10. The number of amides is 1. The van der Waals surface area contributed by atoms with Gasteiger partial charge in [0.1, 0.15) is 24.7 Å². The van der Waals surface area contributed by atoms with Gasteiger partial charge in [0.2, 0.25) is 0 Å². The normalized spacial score (nSPS) is 12.4. The number of nitrogens with zero attached hydrogens (tertiary/aromatic N) is 2. The van der Waals surface area contributed by atoms with E-state index < -0.39 is 5.91 Å². The minimum atomic E-state index is -0.457. The van der Waals surface area contributed by atoms with Crippen molar-refractivity contribution >= 4 is 22.4 Å². The fourth-order valence-electron chi connectivity index (χ4n) is 3.64. The minimum absolute atomic E-state index is 0.112. The number of carbonyl (C=O) groups is 1. The SMILES string of the molecule is COc1ccccc1-n1nc(C(=O)Nc2ccc3c(c2)OCCO3)c2ccccc2c1=O. The molecule has 1 aliphatic rings. The van der Waals surface area contributed by atoms with E-state index in [-0.39, 0.29) is 11.3 Å². The second kappa shape index (κ2) is 8.07. The average molecular weight is 429 g/mol. The van der Waals surface area contributed by atoms with Crippen molar-refractivity contribution in [1.29, 1.82) is 0 Å². The van der Waals surface area contributed by atoms with Gasteiger partial charge < -0.3 is 19.5 Å². The van der Waals surface area contributed by atoms with Crippen LogP contribution in [0.5, 0.6) is 17.2 Å². The molecule has 0 atom stereocenters. The quantitative estimate of drug-likeness (QED) is 0.535. The second-order valence-electron chi connectivity index (χ2n) is 7.10. The fraction of sp³-hybridized carbons (Fsp3) is 0.125. The molecular weight excluding hydrogens is 410 g/mol. The first-order valence-corrected chi connectivity index (χ1v) is 10.0. The van der Waals surface area contributed by atoms with E-state index in [1.807, 2.05) is 0 Å². The molecule has 5 rings (SSSR count). The Hall–Kier alpha value is -4.33. The summed E-state index contributed by atoms with van der Waals surface area (Å²) < 4.78 is 17.7. The van der Waals surface area contributed by atoms with Crippen molar-refractivity contribution in [3.8, 4) is 22.9 Å². The van der Waals surface area contributed by atoms with E-state index in [0.717, 1.165) is 0 Å². The van der Waals surface area contributed by atoms with Gasteiger partial charge in [0.05, 0.1) is 12.5 Å². The van der Waals surface area contributed by atoms with Gasteiger partial charge in [0, 0.05) is 17.1 Å². The van der Waals surface area contributed by atoms with Crippen LogP contribution in [0.1, 0.15) is 10.5 Å². The molecule has 3 aromatic carbocycles. The molecule has 0 saturated carbocycles. The maximum Gasteiger partial charge on any atom is 0.279 e. The van der Waals surface area contributed by atoms with Crippen molar-refractivity contribution in [3.05, 3.63) is 82.8 Å². The Balaban J connectivity index is 1.61. The first kappa shape index (κ1) is 19.6. The maximum atomic E-state index is 13.3. The molecule has 0 saturated heterocycles. The van der Waals surface area contributed by atoms with E-state index in [4.69, 9.17) is 14.2 Å². The van der Waals surface area contributed by atoms with Gasteiger partial charge in [-0.1, -0.05) is 30.3 Å². The molecule has 0 spiro atoms. The molecule has 0 bridgehead atoms. The predicted molar refractivity (Wildman–Crippen MR) is 119 cm³/mol. The van der Waals surface area contributed by atoms with Crippen molar-refractivity contribution in [2.45, 2.75) is 0 Å². The third-order valence-electron chi connectivity index (χ3n) is 5.13. The maximum absolute atomic E-state index is 13.3. The molecule has 8 nitrogen and oxygen atoms in total. The van der Waals surface area contributed by atoms with Crippen molar-refractivity contribution in [1.82, 2.24) is 9.78 Å². The fourth-order valence-corrected chi connectivity index (χ4v) is 3.64. The lowest BCUT2D eigenvalue weighted by atomic mass is 10.1. The first-order valence-electron chi connectivity index (χ1n) is 10.0. The summed E-state index contributed by atoms with van der Waals surface area (Å²) in [6.07, 6.45) is 0. The first-order chi connectivity index (χ1) is 15.7. The number of para-hydroxylation sites is 2. The molecule has 1 aromatic heterocycles. The summed E-state index contributed by atoms with van der Waals surface area (Å²) in [5.41, 5.74) is 0.737. The summed E-state index contributed by atoms with van der Waals surface area (Å²) in [4.78, 5) is 26.4. The molecule has 1 N–H and O–H groups in total. The smallest absolute Gasteiger partial charge is 0.279 e. The number of hydrogen-bond acceptors (Lipinski definition) is 6. The number of rotatable bonds is 4. The van der Waals surface area contributed by atoms with Gasteiger partial charge in [-0.2, -0.15) is 9.78 Å². The molecule has 0 fully saturated rings. The molecule has 0 aliphatic carbocycles. The monoisotopic (exact) mass is 429 g/mol. The predicted octanol–water partition coefficient (Wildman–Crippen LogP) is 3.42. The number of fused-ring (bicyclic) bond motifs is 2. The van der Waals surface area contributed by atoms with Crippen LogP contribution in [-0.4, -0.2) is 36.0 Å². The zero-order chi connectivity index (χ0) is 22.1. The lowest BCUT2D eigenvalue weighted by Crippen LogP contribution is -2.27. The minimum Gasteiger partial charge on any atom is -0.494 e. The van der Waals surface area contributed by atoms with Crippen LogP contribution in [0, 0.1) is 0 Å². The molecule has 2 heterocycles. The number of hydrogen-bond donors (Lipinski definition) is 1. The van der Waals surface area contributed by atoms with Crippen LogP contribution >= 0.6 is 0 Å². The van der Waals surface area contributed by atoms with Gasteiger partial charge in [0.15, 0.2) is 17.2 Å². The topological polar surface area (TPSA) is 91.7 Å². The van der Waals surface area contributed by atoms with Crippen LogP contribution in [0.4, 0.5) is 5.69 Å². The molecule has 1 amide bonds. The Kier molecular flexibility index (Phi) is 4.95. The summed E-state index contributed by atoms with van der Waals surface area (Å²) in [5.74, 6) is 1.20. The Morgan fingerprint density at radius 2 is 1.69 bits per heavy atom. The van der Waals surface area contributed by atoms with E-state index in [2.05, 4.69) is 10.4 Å². The van der Waals surface area contributed by atoms with Crippen molar-refractivity contribution in [3.63, 3.8) is 0 Å². The largest absolute Gasteiger partial charge is 0.494 e. The van der Waals surface area contributed by atoms with Crippen LogP contribution in [0.15, 0.2) is 71.5 Å². The standard InChI is InChI=1S/C24H19N3O5/c1-30-19-9-5-4-8-18(19)27-24(29)17-7-3-2-6-16(17)22(26-27)23(28)25-15-10-11-20-21(14-15)32-13-12-31-20/h2-11,14H,12-13H2,1H3,(H,25,28). The van der Waals surface area contributed by atoms with Crippen LogP contribution in [0.2, 0.25) is 0 Å². The molecular formula is C24H19N3O5.